The molecule has 4 aliphatic rings. The summed E-state index contributed by atoms with van der Waals surface area (Å²) in [5.74, 6) is -0.0376. The number of carbonyl (C=O) groups is 2. The molecular formula is C22H28O4. The molecule has 6 atom stereocenters. The molecule has 0 bridgehead atoms. The van der Waals surface area contributed by atoms with Gasteiger partial charge in [-0.15, -0.1) is 0 Å². The lowest BCUT2D eigenvalue weighted by Crippen LogP contribution is -2.57. The van der Waals surface area contributed by atoms with E-state index >= 15 is 0 Å². The smallest absolute Gasteiger partial charge is 0.190 e. The van der Waals surface area contributed by atoms with Crippen LogP contribution in [0.4, 0.5) is 0 Å². The number of hydrogen-bond donors (Lipinski definition) is 2. The molecule has 1 unspecified atom stereocenters. The largest absolute Gasteiger partial charge is 0.388 e. The maximum atomic E-state index is 12.5. The number of ketones is 2. The van der Waals surface area contributed by atoms with Gasteiger partial charge < -0.3 is 10.2 Å². The SMILES string of the molecule is C[C@@H]1CC2[C@@H]3CCC4=CC(=O)C=C[C@]4(C)C3=CC[C@]2(C)[C@@]1(O)C(=O)CO. The van der Waals surface area contributed by atoms with E-state index in [9.17, 15) is 19.8 Å². The minimum Gasteiger partial charge on any atom is -0.388 e. The number of rotatable bonds is 2. The molecule has 0 aliphatic heterocycles. The second-order valence-corrected chi connectivity index (χ2v) is 9.12. The summed E-state index contributed by atoms with van der Waals surface area (Å²) in [6.45, 7) is 5.54. The third-order valence-corrected chi connectivity index (χ3v) is 8.10. The first kappa shape index (κ1) is 17.9. The van der Waals surface area contributed by atoms with Gasteiger partial charge in [-0.25, -0.2) is 0 Å². The van der Waals surface area contributed by atoms with E-state index in [2.05, 4.69) is 13.0 Å². The number of hydrogen-bond acceptors (Lipinski definition) is 4. The fraction of sp³-hybridized carbons (Fsp3) is 0.636. The second-order valence-electron chi connectivity index (χ2n) is 9.12. The normalized spacial score (nSPS) is 46.8. The van der Waals surface area contributed by atoms with Crippen molar-refractivity contribution in [2.45, 2.75) is 52.1 Å². The van der Waals surface area contributed by atoms with Crippen LogP contribution in [-0.2, 0) is 9.59 Å². The zero-order valence-electron chi connectivity index (χ0n) is 15.8. The van der Waals surface area contributed by atoms with Gasteiger partial charge in [-0.1, -0.05) is 37.1 Å². The standard InChI is InChI=1S/C22H28O4/c1-13-10-18-16-5-4-14-11-15(24)6-8-20(14,2)17(16)7-9-21(18,3)22(13,26)19(25)12-23/h6-8,11,13,16,18,23,26H,4-5,9-10,12H2,1-3H3/t13-,16-,18?,20+,21+,22+/m1/s1. The van der Waals surface area contributed by atoms with E-state index in [4.69, 9.17) is 0 Å². The van der Waals surface area contributed by atoms with Crippen molar-refractivity contribution in [3.63, 3.8) is 0 Å². The van der Waals surface area contributed by atoms with E-state index in [1.165, 1.54) is 11.1 Å². The number of aliphatic hydroxyl groups is 2. The van der Waals surface area contributed by atoms with E-state index in [0.29, 0.717) is 12.3 Å². The molecule has 0 heterocycles. The van der Waals surface area contributed by atoms with E-state index in [-0.39, 0.29) is 23.0 Å². The third-order valence-electron chi connectivity index (χ3n) is 8.10. The van der Waals surface area contributed by atoms with Crippen molar-refractivity contribution < 1.29 is 19.8 Å². The van der Waals surface area contributed by atoms with Crippen LogP contribution in [0.3, 0.4) is 0 Å². The second kappa shape index (κ2) is 5.49. The van der Waals surface area contributed by atoms with E-state index in [1.54, 1.807) is 12.2 Å². The monoisotopic (exact) mass is 356 g/mol. The van der Waals surface area contributed by atoms with Crippen molar-refractivity contribution >= 4 is 11.6 Å². The minimum atomic E-state index is -1.47. The summed E-state index contributed by atoms with van der Waals surface area (Å²) < 4.78 is 0. The molecule has 140 valence electrons. The minimum absolute atomic E-state index is 0.0644. The molecule has 0 aromatic heterocycles. The van der Waals surface area contributed by atoms with Crippen LogP contribution in [0.1, 0.15) is 46.5 Å². The quantitative estimate of drug-likeness (QED) is 0.746. The predicted molar refractivity (Wildman–Crippen MR) is 98.2 cm³/mol. The molecule has 0 spiro atoms. The van der Waals surface area contributed by atoms with Crippen LogP contribution in [0, 0.1) is 28.6 Å². The van der Waals surface area contributed by atoms with Gasteiger partial charge in [0, 0.05) is 10.8 Å². The van der Waals surface area contributed by atoms with Gasteiger partial charge in [0.2, 0.25) is 0 Å². The highest BCUT2D eigenvalue weighted by Gasteiger charge is 2.66. The van der Waals surface area contributed by atoms with Gasteiger partial charge in [-0.3, -0.25) is 9.59 Å². The van der Waals surface area contributed by atoms with Crippen molar-refractivity contribution in [2.24, 2.45) is 28.6 Å². The summed E-state index contributed by atoms with van der Waals surface area (Å²) in [4.78, 5) is 24.3. The van der Waals surface area contributed by atoms with Crippen LogP contribution in [0.25, 0.3) is 0 Å². The maximum absolute atomic E-state index is 12.5. The maximum Gasteiger partial charge on any atom is 0.190 e. The van der Waals surface area contributed by atoms with Gasteiger partial charge in [0.05, 0.1) is 0 Å². The lowest BCUT2D eigenvalue weighted by molar-refractivity contribution is -0.161. The lowest BCUT2D eigenvalue weighted by Gasteiger charge is -2.53. The highest BCUT2D eigenvalue weighted by Crippen LogP contribution is 2.66. The zero-order valence-corrected chi connectivity index (χ0v) is 15.8. The number of fused-ring (bicyclic) bond motifs is 5. The van der Waals surface area contributed by atoms with Crippen LogP contribution in [0.2, 0.25) is 0 Å². The fourth-order valence-electron chi connectivity index (χ4n) is 6.58. The Morgan fingerprint density at radius 1 is 1.35 bits per heavy atom. The van der Waals surface area contributed by atoms with E-state index in [1.807, 2.05) is 19.9 Å². The Bertz CT molecular complexity index is 775. The summed E-state index contributed by atoms with van der Waals surface area (Å²) in [7, 11) is 0. The molecule has 0 aromatic rings. The molecule has 2 saturated carbocycles. The first-order chi connectivity index (χ1) is 12.2. The summed E-state index contributed by atoms with van der Waals surface area (Å²) >= 11 is 0. The van der Waals surface area contributed by atoms with Crippen molar-refractivity contribution in [3.8, 4) is 0 Å². The summed E-state index contributed by atoms with van der Waals surface area (Å²) in [5.41, 5.74) is 0.289. The van der Waals surface area contributed by atoms with Gasteiger partial charge in [-0.2, -0.15) is 0 Å². The molecule has 4 nitrogen and oxygen atoms in total. The topological polar surface area (TPSA) is 74.6 Å². The Morgan fingerprint density at radius 3 is 2.77 bits per heavy atom. The third kappa shape index (κ3) is 1.97. The number of Topliss-reactive ketones (excluding diaryl/α,β-unsaturated/α-hetero) is 1. The molecule has 0 amide bonds. The molecular weight excluding hydrogens is 328 g/mol. The lowest BCUT2D eigenvalue weighted by atomic mass is 9.51. The van der Waals surface area contributed by atoms with Crippen molar-refractivity contribution in [1.82, 2.24) is 0 Å². The van der Waals surface area contributed by atoms with E-state index < -0.39 is 23.4 Å². The number of carbonyl (C=O) groups excluding carboxylic acids is 2. The predicted octanol–water partition coefficient (Wildman–Crippen LogP) is 2.75. The molecule has 0 radical (unpaired) electrons. The number of aliphatic hydroxyl groups excluding tert-OH is 1. The molecule has 0 saturated heterocycles. The van der Waals surface area contributed by atoms with Crippen molar-refractivity contribution in [2.75, 3.05) is 6.61 Å². The van der Waals surface area contributed by atoms with Crippen LogP contribution in [0.5, 0.6) is 0 Å². The Labute approximate surface area is 154 Å². The molecule has 2 fully saturated rings. The molecule has 0 aromatic carbocycles. The number of allylic oxidation sites excluding steroid dienone is 6. The van der Waals surface area contributed by atoms with Crippen molar-refractivity contribution in [1.29, 1.82) is 0 Å². The van der Waals surface area contributed by atoms with Crippen LogP contribution >= 0.6 is 0 Å². The summed E-state index contributed by atoms with van der Waals surface area (Å²) in [5, 5.41) is 20.9. The molecule has 2 N–H and O–H groups in total. The fourth-order valence-corrected chi connectivity index (χ4v) is 6.58. The van der Waals surface area contributed by atoms with Crippen LogP contribution < -0.4 is 0 Å². The summed E-state index contributed by atoms with van der Waals surface area (Å²) in [6, 6.07) is 0. The first-order valence-corrected chi connectivity index (χ1v) is 9.70. The molecule has 4 rings (SSSR count). The average molecular weight is 356 g/mol. The Hall–Kier alpha value is -1.52. The summed E-state index contributed by atoms with van der Waals surface area (Å²) in [6.07, 6.45) is 10.9. The Kier molecular flexibility index (Phi) is 3.78. The Balaban J connectivity index is 1.79. The zero-order chi connectivity index (χ0) is 18.9. The van der Waals surface area contributed by atoms with Gasteiger partial charge in [0.1, 0.15) is 12.2 Å². The highest BCUT2D eigenvalue weighted by molar-refractivity contribution is 6.01. The van der Waals surface area contributed by atoms with E-state index in [0.717, 1.165) is 19.3 Å². The van der Waals surface area contributed by atoms with Crippen LogP contribution in [-0.4, -0.2) is 34.0 Å². The highest BCUT2D eigenvalue weighted by atomic mass is 16.3. The first-order valence-electron chi connectivity index (χ1n) is 9.70. The average Bonchev–Trinajstić information content (AvgIpc) is 2.83. The van der Waals surface area contributed by atoms with Crippen molar-refractivity contribution in [3.05, 3.63) is 35.5 Å². The van der Waals surface area contributed by atoms with Gasteiger partial charge in [-0.05, 0) is 62.5 Å². The van der Waals surface area contributed by atoms with Gasteiger partial charge >= 0.3 is 0 Å². The van der Waals surface area contributed by atoms with Gasteiger partial charge in [0.25, 0.3) is 0 Å². The molecule has 26 heavy (non-hydrogen) atoms. The van der Waals surface area contributed by atoms with Crippen LogP contribution in [0.15, 0.2) is 35.5 Å². The molecule has 4 aliphatic carbocycles. The Morgan fingerprint density at radius 2 is 2.08 bits per heavy atom. The molecule has 4 heteroatoms. The van der Waals surface area contributed by atoms with Gasteiger partial charge in [0.15, 0.2) is 11.6 Å².